The van der Waals surface area contributed by atoms with Crippen molar-refractivity contribution in [2.75, 3.05) is 6.54 Å². The van der Waals surface area contributed by atoms with E-state index in [0.29, 0.717) is 18.2 Å². The standard InChI is InChI=1S/C17H28N2O2/c1-5-16(18)14-6-8-15(9-7-14)21-13(4)17(20)19-11-10-12(2)3/h6-9,12-13,16H,5,10-11,18H2,1-4H3,(H,19,20)/t13?,16-/m1/s1. The fourth-order valence-corrected chi connectivity index (χ4v) is 1.91. The third kappa shape index (κ3) is 6.17. The average molecular weight is 292 g/mol. The maximum atomic E-state index is 11.9. The molecule has 0 saturated carbocycles. The number of ether oxygens (including phenoxy) is 1. The van der Waals surface area contributed by atoms with Crippen molar-refractivity contribution in [2.45, 2.75) is 52.7 Å². The molecule has 0 aliphatic heterocycles. The molecule has 1 aromatic carbocycles. The van der Waals surface area contributed by atoms with Crippen LogP contribution in [0.15, 0.2) is 24.3 Å². The van der Waals surface area contributed by atoms with Crippen molar-refractivity contribution >= 4 is 5.91 Å². The molecule has 1 aromatic rings. The van der Waals surface area contributed by atoms with Gasteiger partial charge >= 0.3 is 0 Å². The molecule has 1 unspecified atom stereocenters. The molecule has 0 aliphatic rings. The Bertz CT molecular complexity index is 429. The first-order valence-electron chi connectivity index (χ1n) is 7.74. The summed E-state index contributed by atoms with van der Waals surface area (Å²) in [5, 5.41) is 2.89. The third-order valence-corrected chi connectivity index (χ3v) is 3.45. The van der Waals surface area contributed by atoms with Crippen LogP contribution in [0.2, 0.25) is 0 Å². The van der Waals surface area contributed by atoms with Gasteiger partial charge in [0.25, 0.3) is 5.91 Å². The maximum Gasteiger partial charge on any atom is 0.260 e. The highest BCUT2D eigenvalue weighted by Gasteiger charge is 2.14. The van der Waals surface area contributed by atoms with Crippen LogP contribution in [-0.4, -0.2) is 18.6 Å². The number of hydrogen-bond donors (Lipinski definition) is 2. The van der Waals surface area contributed by atoms with Crippen LogP contribution in [0, 0.1) is 5.92 Å². The van der Waals surface area contributed by atoms with Crippen LogP contribution in [0.4, 0.5) is 0 Å². The number of carbonyl (C=O) groups is 1. The van der Waals surface area contributed by atoms with E-state index in [1.807, 2.05) is 24.3 Å². The summed E-state index contributed by atoms with van der Waals surface area (Å²) in [7, 11) is 0. The van der Waals surface area contributed by atoms with E-state index in [4.69, 9.17) is 10.5 Å². The van der Waals surface area contributed by atoms with E-state index < -0.39 is 6.10 Å². The Kier molecular flexibility index (Phi) is 7.23. The van der Waals surface area contributed by atoms with Crippen LogP contribution >= 0.6 is 0 Å². The summed E-state index contributed by atoms with van der Waals surface area (Å²) in [6.07, 6.45) is 1.37. The van der Waals surface area contributed by atoms with Gasteiger partial charge in [-0.05, 0) is 43.4 Å². The largest absolute Gasteiger partial charge is 0.481 e. The number of nitrogens with one attached hydrogen (secondary N) is 1. The van der Waals surface area contributed by atoms with Crippen molar-refractivity contribution in [3.8, 4) is 5.75 Å². The zero-order valence-electron chi connectivity index (χ0n) is 13.6. The fourth-order valence-electron chi connectivity index (χ4n) is 1.91. The number of rotatable bonds is 8. The second-order valence-electron chi connectivity index (χ2n) is 5.82. The summed E-state index contributed by atoms with van der Waals surface area (Å²) in [6, 6.07) is 7.68. The summed E-state index contributed by atoms with van der Waals surface area (Å²) >= 11 is 0. The molecule has 0 fully saturated rings. The lowest BCUT2D eigenvalue weighted by Crippen LogP contribution is -2.37. The monoisotopic (exact) mass is 292 g/mol. The first-order chi connectivity index (χ1) is 9.93. The lowest BCUT2D eigenvalue weighted by molar-refractivity contribution is -0.127. The molecule has 0 bridgehead atoms. The van der Waals surface area contributed by atoms with Crippen LogP contribution in [0.1, 0.15) is 52.1 Å². The fraction of sp³-hybridized carbons (Fsp3) is 0.588. The molecule has 0 saturated heterocycles. The van der Waals surface area contributed by atoms with Crippen molar-refractivity contribution in [1.29, 1.82) is 0 Å². The average Bonchev–Trinajstić information content (AvgIpc) is 2.46. The topological polar surface area (TPSA) is 64.3 Å². The molecule has 1 rings (SSSR count). The van der Waals surface area contributed by atoms with Crippen LogP contribution in [0.25, 0.3) is 0 Å². The van der Waals surface area contributed by atoms with Gasteiger partial charge in [0.2, 0.25) is 0 Å². The van der Waals surface area contributed by atoms with Gasteiger partial charge in [0.15, 0.2) is 6.10 Å². The predicted octanol–water partition coefficient (Wildman–Crippen LogP) is 3.03. The number of nitrogens with two attached hydrogens (primary N) is 1. The molecule has 4 nitrogen and oxygen atoms in total. The molecule has 0 aliphatic carbocycles. The van der Waals surface area contributed by atoms with Crippen molar-refractivity contribution in [2.24, 2.45) is 11.7 Å². The first-order valence-corrected chi connectivity index (χ1v) is 7.74. The van der Waals surface area contributed by atoms with E-state index in [2.05, 4.69) is 26.1 Å². The smallest absolute Gasteiger partial charge is 0.260 e. The van der Waals surface area contributed by atoms with Crippen LogP contribution in [-0.2, 0) is 4.79 Å². The highest BCUT2D eigenvalue weighted by molar-refractivity contribution is 5.80. The molecule has 118 valence electrons. The van der Waals surface area contributed by atoms with Gasteiger partial charge in [-0.1, -0.05) is 32.9 Å². The molecular weight excluding hydrogens is 264 g/mol. The van der Waals surface area contributed by atoms with E-state index >= 15 is 0 Å². The van der Waals surface area contributed by atoms with Crippen molar-refractivity contribution in [1.82, 2.24) is 5.32 Å². The van der Waals surface area contributed by atoms with E-state index in [1.54, 1.807) is 6.92 Å². The zero-order valence-corrected chi connectivity index (χ0v) is 13.6. The molecular formula is C17H28N2O2. The van der Waals surface area contributed by atoms with Crippen molar-refractivity contribution in [3.05, 3.63) is 29.8 Å². The van der Waals surface area contributed by atoms with Crippen LogP contribution in [0.5, 0.6) is 5.75 Å². The number of amides is 1. The Balaban J connectivity index is 2.46. The van der Waals surface area contributed by atoms with Gasteiger partial charge in [-0.2, -0.15) is 0 Å². The van der Waals surface area contributed by atoms with Crippen LogP contribution < -0.4 is 15.8 Å². The van der Waals surface area contributed by atoms with E-state index in [0.717, 1.165) is 18.4 Å². The van der Waals surface area contributed by atoms with E-state index in [-0.39, 0.29) is 11.9 Å². The summed E-state index contributed by atoms with van der Waals surface area (Å²) < 4.78 is 5.65. The van der Waals surface area contributed by atoms with Gasteiger partial charge in [-0.25, -0.2) is 0 Å². The Morgan fingerprint density at radius 1 is 1.24 bits per heavy atom. The van der Waals surface area contributed by atoms with Crippen LogP contribution in [0.3, 0.4) is 0 Å². The lowest BCUT2D eigenvalue weighted by atomic mass is 10.1. The maximum absolute atomic E-state index is 11.9. The molecule has 0 heterocycles. The zero-order chi connectivity index (χ0) is 15.8. The summed E-state index contributed by atoms with van der Waals surface area (Å²) in [4.78, 5) is 11.9. The Morgan fingerprint density at radius 3 is 2.38 bits per heavy atom. The molecule has 4 heteroatoms. The van der Waals surface area contributed by atoms with Gasteiger partial charge in [-0.15, -0.1) is 0 Å². The minimum absolute atomic E-state index is 0.0517. The second-order valence-corrected chi connectivity index (χ2v) is 5.82. The molecule has 2 atom stereocenters. The number of hydrogen-bond acceptors (Lipinski definition) is 3. The Hall–Kier alpha value is -1.55. The number of carbonyl (C=O) groups excluding carboxylic acids is 1. The Labute approximate surface area is 128 Å². The lowest BCUT2D eigenvalue weighted by Gasteiger charge is -2.16. The normalized spacial score (nSPS) is 13.8. The molecule has 0 aromatic heterocycles. The highest BCUT2D eigenvalue weighted by Crippen LogP contribution is 2.19. The summed E-state index contributed by atoms with van der Waals surface area (Å²) in [5.74, 6) is 1.19. The quantitative estimate of drug-likeness (QED) is 0.774. The first kappa shape index (κ1) is 17.5. The van der Waals surface area contributed by atoms with Gasteiger partial charge < -0.3 is 15.8 Å². The number of benzene rings is 1. The van der Waals surface area contributed by atoms with Gasteiger partial charge in [0.05, 0.1) is 0 Å². The van der Waals surface area contributed by atoms with Gasteiger partial charge in [-0.3, -0.25) is 4.79 Å². The molecule has 1 amide bonds. The minimum atomic E-state index is -0.497. The minimum Gasteiger partial charge on any atom is -0.481 e. The van der Waals surface area contributed by atoms with Crippen molar-refractivity contribution < 1.29 is 9.53 Å². The highest BCUT2D eigenvalue weighted by atomic mass is 16.5. The summed E-state index contributed by atoms with van der Waals surface area (Å²) in [6.45, 7) is 8.77. The molecule has 3 N–H and O–H groups in total. The van der Waals surface area contributed by atoms with Crippen molar-refractivity contribution in [3.63, 3.8) is 0 Å². The molecule has 21 heavy (non-hydrogen) atoms. The SMILES string of the molecule is CC[C@@H](N)c1ccc(OC(C)C(=O)NCCC(C)C)cc1. The van der Waals surface area contributed by atoms with E-state index in [1.165, 1.54) is 0 Å². The second kappa shape index (κ2) is 8.67. The Morgan fingerprint density at radius 2 is 1.86 bits per heavy atom. The molecule has 0 radical (unpaired) electrons. The predicted molar refractivity (Wildman–Crippen MR) is 86.2 cm³/mol. The third-order valence-electron chi connectivity index (χ3n) is 3.45. The van der Waals surface area contributed by atoms with Gasteiger partial charge in [0, 0.05) is 12.6 Å². The van der Waals surface area contributed by atoms with E-state index in [9.17, 15) is 4.79 Å². The molecule has 0 spiro atoms. The van der Waals surface area contributed by atoms with Gasteiger partial charge in [0.1, 0.15) is 5.75 Å². The summed E-state index contributed by atoms with van der Waals surface area (Å²) in [5.41, 5.74) is 7.05.